The summed E-state index contributed by atoms with van der Waals surface area (Å²) in [7, 11) is -3.60. The highest BCUT2D eigenvalue weighted by atomic mass is 32.2. The molecule has 0 unspecified atom stereocenters. The van der Waals surface area contributed by atoms with E-state index in [0.29, 0.717) is 17.0 Å². The maximum absolute atomic E-state index is 12.4. The summed E-state index contributed by atoms with van der Waals surface area (Å²) in [6.45, 7) is 7.19. The Morgan fingerprint density at radius 1 is 1.07 bits per heavy atom. The Bertz CT molecular complexity index is 1040. The molecule has 1 amide bonds. The van der Waals surface area contributed by atoms with E-state index < -0.39 is 15.6 Å². The molecule has 0 atom stereocenters. The lowest BCUT2D eigenvalue weighted by Gasteiger charge is -2.20. The molecule has 0 aliphatic carbocycles. The first kappa shape index (κ1) is 19.1. The molecule has 1 aliphatic heterocycles. The highest BCUT2D eigenvalue weighted by molar-refractivity contribution is 7.89. The zero-order chi connectivity index (χ0) is 19.8. The third-order valence-electron chi connectivity index (χ3n) is 3.79. The van der Waals surface area contributed by atoms with Gasteiger partial charge >= 0.3 is 0 Å². The van der Waals surface area contributed by atoms with Gasteiger partial charge in [-0.2, -0.15) is 0 Å². The molecule has 0 fully saturated rings. The monoisotopic (exact) mass is 386 g/mol. The van der Waals surface area contributed by atoms with Gasteiger partial charge in [-0.3, -0.25) is 4.79 Å². The number of hydrogen-bond donors (Lipinski definition) is 2. The standard InChI is InChI=1S/C20H22N2O4S/c1-13-5-8-16(26-13)11-15-12-18(21-19(15)23)14-6-9-17(10-7-14)27(24,25)22-20(2,3)4/h5-12,22H,1-4H3,(H,21,23). The van der Waals surface area contributed by atoms with Crippen molar-refractivity contribution in [2.75, 3.05) is 0 Å². The number of sulfonamides is 1. The van der Waals surface area contributed by atoms with Gasteiger partial charge in [0.2, 0.25) is 10.0 Å². The predicted molar refractivity (Wildman–Crippen MR) is 104 cm³/mol. The number of benzene rings is 1. The van der Waals surface area contributed by atoms with Crippen LogP contribution in [0.3, 0.4) is 0 Å². The molecular formula is C20H22N2O4S. The first-order chi connectivity index (χ1) is 12.5. The van der Waals surface area contributed by atoms with Crippen molar-refractivity contribution in [1.29, 1.82) is 0 Å². The van der Waals surface area contributed by atoms with Crippen molar-refractivity contribution in [3.8, 4) is 0 Å². The Balaban J connectivity index is 1.84. The van der Waals surface area contributed by atoms with Crippen LogP contribution in [0.15, 0.2) is 57.4 Å². The summed E-state index contributed by atoms with van der Waals surface area (Å²) >= 11 is 0. The van der Waals surface area contributed by atoms with E-state index >= 15 is 0 Å². The van der Waals surface area contributed by atoms with E-state index in [1.807, 2.05) is 13.0 Å². The second-order valence-corrected chi connectivity index (χ2v) is 9.12. The Kier molecular flexibility index (Phi) is 4.84. The third kappa shape index (κ3) is 4.56. The minimum atomic E-state index is -3.60. The van der Waals surface area contributed by atoms with Crippen LogP contribution in [0.2, 0.25) is 0 Å². The molecule has 7 heteroatoms. The normalized spacial score (nSPS) is 16.5. The minimum absolute atomic E-state index is 0.174. The van der Waals surface area contributed by atoms with Gasteiger partial charge in [-0.15, -0.1) is 0 Å². The zero-order valence-electron chi connectivity index (χ0n) is 15.7. The largest absolute Gasteiger partial charge is 0.462 e. The molecule has 0 bridgehead atoms. The summed E-state index contributed by atoms with van der Waals surface area (Å²) in [5, 5.41) is 2.79. The molecule has 2 N–H and O–H groups in total. The van der Waals surface area contributed by atoms with Crippen molar-refractivity contribution in [2.45, 2.75) is 38.1 Å². The summed E-state index contributed by atoms with van der Waals surface area (Å²) in [6, 6.07) is 10.0. The van der Waals surface area contributed by atoms with Gasteiger partial charge in [0.25, 0.3) is 5.91 Å². The molecule has 1 aromatic carbocycles. The topological polar surface area (TPSA) is 88.4 Å². The van der Waals surface area contributed by atoms with Crippen molar-refractivity contribution < 1.29 is 17.6 Å². The number of aryl methyl sites for hydroxylation is 1. The second kappa shape index (κ2) is 6.83. The summed E-state index contributed by atoms with van der Waals surface area (Å²) in [4.78, 5) is 12.3. The smallest absolute Gasteiger partial charge is 0.255 e. The number of nitrogens with one attached hydrogen (secondary N) is 2. The molecule has 0 radical (unpaired) electrons. The number of amides is 1. The second-order valence-electron chi connectivity index (χ2n) is 7.44. The molecule has 27 heavy (non-hydrogen) atoms. The molecule has 2 aromatic rings. The number of furan rings is 1. The summed E-state index contributed by atoms with van der Waals surface area (Å²) in [5.74, 6) is 1.14. The zero-order valence-corrected chi connectivity index (χ0v) is 16.5. The SMILES string of the molecule is Cc1ccc(C=C2C=C(c3ccc(S(=O)(=O)NC(C)(C)C)cc3)NC2=O)o1. The van der Waals surface area contributed by atoms with E-state index in [0.717, 1.165) is 11.3 Å². The fourth-order valence-electron chi connectivity index (χ4n) is 2.67. The fourth-order valence-corrected chi connectivity index (χ4v) is 4.09. The molecule has 1 aliphatic rings. The molecule has 0 spiro atoms. The van der Waals surface area contributed by atoms with Crippen molar-refractivity contribution in [2.24, 2.45) is 0 Å². The van der Waals surface area contributed by atoms with Crippen LogP contribution in [-0.2, 0) is 14.8 Å². The van der Waals surface area contributed by atoms with E-state index in [-0.39, 0.29) is 10.8 Å². The number of hydrogen-bond acceptors (Lipinski definition) is 4. The van der Waals surface area contributed by atoms with Gasteiger partial charge in [-0.25, -0.2) is 13.1 Å². The molecule has 142 valence electrons. The van der Waals surface area contributed by atoms with E-state index in [9.17, 15) is 13.2 Å². The quantitative estimate of drug-likeness (QED) is 0.790. The highest BCUT2D eigenvalue weighted by Crippen LogP contribution is 2.24. The van der Waals surface area contributed by atoms with Crippen LogP contribution in [0.25, 0.3) is 11.8 Å². The lowest BCUT2D eigenvalue weighted by atomic mass is 10.1. The van der Waals surface area contributed by atoms with Gasteiger partial charge in [0.1, 0.15) is 11.5 Å². The third-order valence-corrected chi connectivity index (χ3v) is 5.56. The van der Waals surface area contributed by atoms with Crippen LogP contribution in [0, 0.1) is 6.92 Å². The van der Waals surface area contributed by atoms with Crippen LogP contribution in [0.1, 0.15) is 37.9 Å². The number of carbonyl (C=O) groups is 1. The number of carbonyl (C=O) groups excluding carboxylic acids is 1. The average Bonchev–Trinajstić information content (AvgIpc) is 3.12. The van der Waals surface area contributed by atoms with Crippen molar-refractivity contribution in [1.82, 2.24) is 10.0 Å². The molecular weight excluding hydrogens is 364 g/mol. The molecule has 2 heterocycles. The Morgan fingerprint density at radius 2 is 1.74 bits per heavy atom. The van der Waals surface area contributed by atoms with Gasteiger partial charge < -0.3 is 9.73 Å². The van der Waals surface area contributed by atoms with Gasteiger partial charge in [0.15, 0.2) is 0 Å². The van der Waals surface area contributed by atoms with Crippen molar-refractivity contribution in [3.05, 3.63) is 65.1 Å². The molecule has 0 saturated carbocycles. The van der Waals surface area contributed by atoms with Crippen molar-refractivity contribution >= 4 is 27.7 Å². The minimum Gasteiger partial charge on any atom is -0.462 e. The van der Waals surface area contributed by atoms with Crippen LogP contribution >= 0.6 is 0 Å². The van der Waals surface area contributed by atoms with Crippen LogP contribution in [-0.4, -0.2) is 19.9 Å². The van der Waals surface area contributed by atoms with E-state index in [1.54, 1.807) is 51.1 Å². The summed E-state index contributed by atoms with van der Waals surface area (Å²) in [5.41, 5.74) is 1.24. The highest BCUT2D eigenvalue weighted by Gasteiger charge is 2.23. The lowest BCUT2D eigenvalue weighted by Crippen LogP contribution is -2.40. The first-order valence-electron chi connectivity index (χ1n) is 8.49. The molecule has 1 aromatic heterocycles. The molecule has 0 saturated heterocycles. The Labute approximate surface area is 159 Å². The maximum atomic E-state index is 12.4. The summed E-state index contributed by atoms with van der Waals surface area (Å²) in [6.07, 6.45) is 3.39. The average molecular weight is 386 g/mol. The van der Waals surface area contributed by atoms with E-state index in [2.05, 4.69) is 10.0 Å². The number of rotatable bonds is 4. The Hall–Kier alpha value is -2.64. The van der Waals surface area contributed by atoms with Gasteiger partial charge in [-0.1, -0.05) is 12.1 Å². The first-order valence-corrected chi connectivity index (χ1v) is 9.97. The lowest BCUT2D eigenvalue weighted by molar-refractivity contribution is -0.115. The fraction of sp³-hybridized carbons (Fsp3) is 0.250. The van der Waals surface area contributed by atoms with E-state index in [1.165, 1.54) is 12.1 Å². The van der Waals surface area contributed by atoms with Crippen LogP contribution in [0.4, 0.5) is 0 Å². The van der Waals surface area contributed by atoms with Gasteiger partial charge in [0.05, 0.1) is 4.90 Å². The summed E-state index contributed by atoms with van der Waals surface area (Å²) < 4.78 is 32.8. The van der Waals surface area contributed by atoms with Gasteiger partial charge in [-0.05, 0) is 69.7 Å². The Morgan fingerprint density at radius 3 is 2.30 bits per heavy atom. The maximum Gasteiger partial charge on any atom is 0.255 e. The predicted octanol–water partition coefficient (Wildman–Crippen LogP) is 3.22. The van der Waals surface area contributed by atoms with Gasteiger partial charge in [0, 0.05) is 16.8 Å². The van der Waals surface area contributed by atoms with E-state index in [4.69, 9.17) is 4.42 Å². The molecule has 6 nitrogen and oxygen atoms in total. The van der Waals surface area contributed by atoms with Crippen LogP contribution < -0.4 is 10.0 Å². The van der Waals surface area contributed by atoms with Crippen LogP contribution in [0.5, 0.6) is 0 Å². The molecule has 3 rings (SSSR count). The van der Waals surface area contributed by atoms with Crippen molar-refractivity contribution in [3.63, 3.8) is 0 Å².